The predicted octanol–water partition coefficient (Wildman–Crippen LogP) is 3.24. The third-order valence-electron chi connectivity index (χ3n) is 3.94. The Morgan fingerprint density at radius 3 is 2.62 bits per heavy atom. The van der Waals surface area contributed by atoms with E-state index in [9.17, 15) is 10.1 Å². The summed E-state index contributed by atoms with van der Waals surface area (Å²) in [4.78, 5) is 15.2. The summed E-state index contributed by atoms with van der Waals surface area (Å²) < 4.78 is 1.65. The minimum absolute atomic E-state index is 0.0644. The molecule has 0 aliphatic carbocycles. The average molecular weight is 319 g/mol. The molecule has 3 aromatic rings. The van der Waals surface area contributed by atoms with Gasteiger partial charge < -0.3 is 5.32 Å². The lowest BCUT2D eigenvalue weighted by atomic mass is 10.0. The molecule has 1 aliphatic heterocycles. The number of nitrogens with zero attached hydrogens (tertiary/aromatic N) is 4. The molecule has 0 bridgehead atoms. The molecule has 1 aliphatic rings. The number of benzene rings is 2. The summed E-state index contributed by atoms with van der Waals surface area (Å²) in [5, 5.41) is 18.8. The number of anilines is 1. The molecular weight excluding hydrogens is 306 g/mol. The summed E-state index contributed by atoms with van der Waals surface area (Å²) >= 11 is 0. The van der Waals surface area contributed by atoms with Gasteiger partial charge in [0.15, 0.2) is 0 Å². The van der Waals surface area contributed by atoms with Crippen LogP contribution < -0.4 is 5.32 Å². The van der Waals surface area contributed by atoms with E-state index in [-0.39, 0.29) is 10.6 Å². The van der Waals surface area contributed by atoms with Crippen molar-refractivity contribution in [2.24, 2.45) is 0 Å². The van der Waals surface area contributed by atoms with Gasteiger partial charge in [-0.2, -0.15) is 10.1 Å². The zero-order chi connectivity index (χ0) is 16.5. The number of fused-ring (bicyclic) bond motifs is 1. The van der Waals surface area contributed by atoms with Crippen LogP contribution in [0, 0.1) is 10.1 Å². The first-order valence-corrected chi connectivity index (χ1v) is 7.41. The van der Waals surface area contributed by atoms with E-state index in [1.54, 1.807) is 22.9 Å². The van der Waals surface area contributed by atoms with Crippen molar-refractivity contribution in [1.82, 2.24) is 14.8 Å². The van der Waals surface area contributed by atoms with Crippen molar-refractivity contribution < 1.29 is 4.92 Å². The van der Waals surface area contributed by atoms with Crippen LogP contribution in [0.2, 0.25) is 0 Å². The second-order valence-electron chi connectivity index (χ2n) is 5.36. The number of para-hydroxylation sites is 1. The lowest BCUT2D eigenvalue weighted by molar-refractivity contribution is -0.385. The monoisotopic (exact) mass is 319 g/mol. The van der Waals surface area contributed by atoms with Crippen molar-refractivity contribution >= 4 is 17.3 Å². The second kappa shape index (κ2) is 5.62. The van der Waals surface area contributed by atoms with Gasteiger partial charge in [-0.1, -0.05) is 42.5 Å². The lowest BCUT2D eigenvalue weighted by Crippen LogP contribution is -2.21. The molecule has 118 valence electrons. The van der Waals surface area contributed by atoms with Crippen molar-refractivity contribution in [3.63, 3.8) is 0 Å². The van der Waals surface area contributed by atoms with E-state index in [0.717, 1.165) is 11.3 Å². The first-order valence-electron chi connectivity index (χ1n) is 7.41. The van der Waals surface area contributed by atoms with Gasteiger partial charge in [-0.3, -0.25) is 10.1 Å². The van der Waals surface area contributed by atoms with Crippen LogP contribution in [0.5, 0.6) is 0 Å². The minimum Gasteiger partial charge on any atom is -0.324 e. The summed E-state index contributed by atoms with van der Waals surface area (Å²) in [7, 11) is 0. The molecule has 1 N–H and O–H groups in total. The number of hydrogen-bond donors (Lipinski definition) is 1. The Kier molecular flexibility index (Phi) is 3.31. The van der Waals surface area contributed by atoms with Gasteiger partial charge in [0.1, 0.15) is 12.4 Å². The molecular formula is C17H13N5O2. The molecule has 2 aromatic carbocycles. The first kappa shape index (κ1) is 14.1. The fourth-order valence-electron chi connectivity index (χ4n) is 2.85. The lowest BCUT2D eigenvalue weighted by Gasteiger charge is -2.24. The van der Waals surface area contributed by atoms with Crippen molar-refractivity contribution in [1.29, 1.82) is 0 Å². The Bertz CT molecular complexity index is 933. The van der Waals surface area contributed by atoms with Gasteiger partial charge in [0, 0.05) is 11.8 Å². The zero-order valence-electron chi connectivity index (χ0n) is 12.5. The molecule has 0 spiro atoms. The Hall–Kier alpha value is -3.48. The number of aromatic nitrogens is 3. The molecule has 1 aromatic heterocycles. The van der Waals surface area contributed by atoms with Gasteiger partial charge in [-0.05, 0) is 17.7 Å². The molecule has 0 radical (unpaired) electrons. The Morgan fingerprint density at radius 1 is 1.08 bits per heavy atom. The molecule has 7 nitrogen and oxygen atoms in total. The zero-order valence-corrected chi connectivity index (χ0v) is 12.5. The van der Waals surface area contributed by atoms with Gasteiger partial charge >= 0.3 is 0 Å². The van der Waals surface area contributed by atoms with E-state index in [1.165, 1.54) is 12.4 Å². The van der Waals surface area contributed by atoms with Crippen LogP contribution in [0.3, 0.4) is 0 Å². The van der Waals surface area contributed by atoms with Crippen LogP contribution in [-0.2, 0) is 0 Å². The molecule has 0 saturated carbocycles. The summed E-state index contributed by atoms with van der Waals surface area (Å²) in [6, 6.07) is 16.1. The Morgan fingerprint density at radius 2 is 1.83 bits per heavy atom. The normalized spacial score (nSPS) is 16.0. The highest BCUT2D eigenvalue weighted by Gasteiger charge is 2.28. The highest BCUT2D eigenvalue weighted by Crippen LogP contribution is 2.35. The van der Waals surface area contributed by atoms with Crippen LogP contribution in [0.1, 0.15) is 17.2 Å². The number of hydrogen-bond acceptors (Lipinski definition) is 5. The van der Waals surface area contributed by atoms with E-state index in [4.69, 9.17) is 0 Å². The summed E-state index contributed by atoms with van der Waals surface area (Å²) in [6.45, 7) is 0. The maximum Gasteiger partial charge on any atom is 0.275 e. The highest BCUT2D eigenvalue weighted by molar-refractivity contribution is 5.77. The number of nitro groups is 1. The number of rotatable bonds is 3. The summed E-state index contributed by atoms with van der Waals surface area (Å²) in [5.74, 6) is 0.555. The number of allylic oxidation sites excluding steroid dienone is 1. The SMILES string of the molecule is O=[N+]([O-])c1ccccc1C1C=C(c2ccccc2)Nc2ncnn21. The first-order chi connectivity index (χ1) is 11.7. The fourth-order valence-corrected chi connectivity index (χ4v) is 2.85. The molecule has 1 unspecified atom stereocenters. The molecule has 0 fully saturated rings. The quantitative estimate of drug-likeness (QED) is 0.591. The summed E-state index contributed by atoms with van der Waals surface area (Å²) in [6.07, 6.45) is 3.37. The average Bonchev–Trinajstić information content (AvgIpc) is 3.10. The fraction of sp³-hybridized carbons (Fsp3) is 0.0588. The molecule has 0 amide bonds. The van der Waals surface area contributed by atoms with Gasteiger partial charge in [-0.15, -0.1) is 0 Å². The molecule has 24 heavy (non-hydrogen) atoms. The van der Waals surface area contributed by atoms with E-state index < -0.39 is 6.04 Å². The third kappa shape index (κ3) is 2.32. The topological polar surface area (TPSA) is 85.9 Å². The smallest absolute Gasteiger partial charge is 0.275 e. The Balaban J connectivity index is 1.88. The molecule has 2 heterocycles. The van der Waals surface area contributed by atoms with Crippen molar-refractivity contribution in [2.45, 2.75) is 6.04 Å². The van der Waals surface area contributed by atoms with Crippen molar-refractivity contribution in [2.75, 3.05) is 5.32 Å². The molecule has 0 saturated heterocycles. The van der Waals surface area contributed by atoms with E-state index in [2.05, 4.69) is 15.4 Å². The third-order valence-corrected chi connectivity index (χ3v) is 3.94. The van der Waals surface area contributed by atoms with Crippen molar-refractivity contribution in [3.8, 4) is 0 Å². The molecule has 7 heteroatoms. The molecule has 4 rings (SSSR count). The minimum atomic E-state index is -0.402. The van der Waals surface area contributed by atoms with Crippen LogP contribution in [0.25, 0.3) is 5.70 Å². The van der Waals surface area contributed by atoms with Gasteiger partial charge in [0.25, 0.3) is 5.69 Å². The van der Waals surface area contributed by atoms with Gasteiger partial charge in [0.2, 0.25) is 5.95 Å². The van der Waals surface area contributed by atoms with Crippen LogP contribution in [0.4, 0.5) is 11.6 Å². The highest BCUT2D eigenvalue weighted by atomic mass is 16.6. The maximum absolute atomic E-state index is 11.4. The van der Waals surface area contributed by atoms with Crippen LogP contribution in [-0.4, -0.2) is 19.7 Å². The van der Waals surface area contributed by atoms with Crippen LogP contribution >= 0.6 is 0 Å². The number of nitro benzene ring substituents is 1. The van der Waals surface area contributed by atoms with Crippen LogP contribution in [0.15, 0.2) is 67.0 Å². The second-order valence-corrected chi connectivity index (χ2v) is 5.36. The van der Waals surface area contributed by atoms with Gasteiger partial charge in [0.05, 0.1) is 10.5 Å². The largest absolute Gasteiger partial charge is 0.324 e. The van der Waals surface area contributed by atoms with E-state index in [0.29, 0.717) is 11.5 Å². The van der Waals surface area contributed by atoms with E-state index >= 15 is 0 Å². The number of nitrogens with one attached hydrogen (secondary N) is 1. The van der Waals surface area contributed by atoms with Crippen molar-refractivity contribution in [3.05, 3.63) is 88.2 Å². The molecule has 1 atom stereocenters. The van der Waals surface area contributed by atoms with Gasteiger partial charge in [-0.25, -0.2) is 4.68 Å². The van der Waals surface area contributed by atoms with E-state index in [1.807, 2.05) is 36.4 Å². The standard InChI is InChI=1S/C17H13N5O2/c23-22(24)15-9-5-4-8-13(15)16-10-14(12-6-2-1-3-7-12)20-17-18-11-19-21(16)17/h1-11,16H,(H,18,19,20). The maximum atomic E-state index is 11.4. The summed E-state index contributed by atoms with van der Waals surface area (Å²) in [5.41, 5.74) is 2.47. The Labute approximate surface area is 137 Å². The predicted molar refractivity (Wildman–Crippen MR) is 89.3 cm³/mol.